The largest absolute Gasteiger partial charge is 0.437 e. The van der Waals surface area contributed by atoms with Gasteiger partial charge >= 0.3 is 11.6 Å². The molecular weight excluding hydrogens is 254 g/mol. The van der Waals surface area contributed by atoms with E-state index in [0.29, 0.717) is 13.0 Å². The Labute approximate surface area is 106 Å². The minimum absolute atomic E-state index is 0.0246. The first-order valence-electron chi connectivity index (χ1n) is 5.81. The van der Waals surface area contributed by atoms with E-state index in [-0.39, 0.29) is 11.2 Å². The minimum Gasteiger partial charge on any atom is -0.390 e. The zero-order valence-electron chi connectivity index (χ0n) is 10.5. The molecule has 9 nitrogen and oxygen atoms in total. The molecule has 0 aliphatic carbocycles. The molecule has 0 spiro atoms. The van der Waals surface area contributed by atoms with Gasteiger partial charge < -0.3 is 10.1 Å². The van der Waals surface area contributed by atoms with E-state index in [4.69, 9.17) is 0 Å². The summed E-state index contributed by atoms with van der Waals surface area (Å²) in [4.78, 5) is 39.5. The Morgan fingerprint density at radius 1 is 1.42 bits per heavy atom. The van der Waals surface area contributed by atoms with E-state index in [0.717, 1.165) is 11.0 Å². The summed E-state index contributed by atoms with van der Waals surface area (Å²) in [5, 5.41) is 11.0. The van der Waals surface area contributed by atoms with Gasteiger partial charge in [-0.2, -0.15) is 0 Å². The van der Waals surface area contributed by atoms with Crippen molar-refractivity contribution in [2.75, 3.05) is 0 Å². The van der Waals surface area contributed by atoms with Gasteiger partial charge in [0.15, 0.2) is 0 Å². The van der Waals surface area contributed by atoms with Crippen molar-refractivity contribution in [2.45, 2.75) is 26.3 Å². The van der Waals surface area contributed by atoms with Crippen LogP contribution in [0.2, 0.25) is 0 Å². The van der Waals surface area contributed by atoms with Crippen LogP contribution >= 0.6 is 0 Å². The SMILES string of the molecule is CCCCn1c([N+](=O)[O-])nc2c1c(=O)[nH]c(=O)n2C. The molecule has 2 aromatic heterocycles. The molecule has 0 unspecified atom stereocenters. The Morgan fingerprint density at radius 3 is 2.68 bits per heavy atom. The van der Waals surface area contributed by atoms with Gasteiger partial charge in [0.25, 0.3) is 11.2 Å². The number of nitro groups is 1. The number of rotatable bonds is 4. The summed E-state index contributed by atoms with van der Waals surface area (Å²) < 4.78 is 2.34. The van der Waals surface area contributed by atoms with Gasteiger partial charge in [-0.3, -0.25) is 14.3 Å². The lowest BCUT2D eigenvalue weighted by Crippen LogP contribution is -2.29. The van der Waals surface area contributed by atoms with Crippen LogP contribution in [0.25, 0.3) is 11.2 Å². The van der Waals surface area contributed by atoms with Gasteiger partial charge in [0.1, 0.15) is 0 Å². The van der Waals surface area contributed by atoms with Crippen molar-refractivity contribution < 1.29 is 4.92 Å². The van der Waals surface area contributed by atoms with Crippen LogP contribution in [0.1, 0.15) is 19.8 Å². The smallest absolute Gasteiger partial charge is 0.390 e. The van der Waals surface area contributed by atoms with Crippen LogP contribution in [0.4, 0.5) is 5.95 Å². The maximum Gasteiger partial charge on any atom is 0.437 e. The number of aryl methyl sites for hydroxylation is 2. The summed E-state index contributed by atoms with van der Waals surface area (Å²) in [7, 11) is 1.40. The van der Waals surface area contributed by atoms with Crippen LogP contribution in [-0.2, 0) is 13.6 Å². The molecule has 0 aliphatic heterocycles. The van der Waals surface area contributed by atoms with Crippen molar-refractivity contribution in [1.29, 1.82) is 0 Å². The maximum atomic E-state index is 11.8. The molecule has 0 bridgehead atoms. The molecule has 102 valence electrons. The van der Waals surface area contributed by atoms with E-state index >= 15 is 0 Å². The second-order valence-corrected chi connectivity index (χ2v) is 4.16. The predicted octanol–water partition coefficient (Wildman–Crippen LogP) is 0.132. The van der Waals surface area contributed by atoms with E-state index in [1.165, 1.54) is 11.6 Å². The van der Waals surface area contributed by atoms with Crippen molar-refractivity contribution in [3.63, 3.8) is 0 Å². The third-order valence-electron chi connectivity index (χ3n) is 2.89. The molecule has 0 radical (unpaired) electrons. The van der Waals surface area contributed by atoms with Gasteiger partial charge in [0.2, 0.25) is 5.52 Å². The summed E-state index contributed by atoms with van der Waals surface area (Å²) in [5.74, 6) is -0.421. The summed E-state index contributed by atoms with van der Waals surface area (Å²) in [6.07, 6.45) is 1.50. The first-order valence-corrected chi connectivity index (χ1v) is 5.81. The van der Waals surface area contributed by atoms with Crippen LogP contribution in [-0.4, -0.2) is 24.0 Å². The molecule has 0 saturated carbocycles. The van der Waals surface area contributed by atoms with E-state index in [1.807, 2.05) is 6.92 Å². The Kier molecular flexibility index (Phi) is 3.19. The van der Waals surface area contributed by atoms with E-state index < -0.39 is 22.1 Å². The summed E-state index contributed by atoms with van der Waals surface area (Å²) in [5.41, 5.74) is -1.22. The standard InChI is InChI=1S/C10H13N5O4/c1-3-4-5-14-6-7(11-9(14)15(18)19)13(2)10(17)12-8(6)16/h3-5H2,1-2H3,(H,12,16,17). The fourth-order valence-electron chi connectivity index (χ4n) is 1.89. The van der Waals surface area contributed by atoms with E-state index in [2.05, 4.69) is 9.97 Å². The van der Waals surface area contributed by atoms with Crippen LogP contribution in [0, 0.1) is 10.1 Å². The zero-order valence-corrected chi connectivity index (χ0v) is 10.5. The number of nitrogens with zero attached hydrogens (tertiary/aromatic N) is 4. The van der Waals surface area contributed by atoms with Crippen molar-refractivity contribution >= 4 is 17.1 Å². The predicted molar refractivity (Wildman–Crippen MR) is 67.2 cm³/mol. The highest BCUT2D eigenvalue weighted by atomic mass is 16.6. The molecule has 19 heavy (non-hydrogen) atoms. The van der Waals surface area contributed by atoms with Gasteiger partial charge in [-0.15, -0.1) is 0 Å². The molecule has 2 heterocycles. The number of imidazole rings is 1. The summed E-state index contributed by atoms with van der Waals surface area (Å²) in [6, 6.07) is 0. The molecular formula is C10H13N5O4. The maximum absolute atomic E-state index is 11.8. The Hall–Kier alpha value is -2.45. The average Bonchev–Trinajstić information content (AvgIpc) is 2.73. The van der Waals surface area contributed by atoms with Gasteiger partial charge in [-0.1, -0.05) is 13.3 Å². The highest BCUT2D eigenvalue weighted by molar-refractivity contribution is 5.72. The third-order valence-corrected chi connectivity index (χ3v) is 2.89. The summed E-state index contributed by atoms with van der Waals surface area (Å²) in [6.45, 7) is 2.25. The van der Waals surface area contributed by atoms with Crippen molar-refractivity contribution in [3.8, 4) is 0 Å². The van der Waals surface area contributed by atoms with Crippen molar-refractivity contribution in [2.24, 2.45) is 7.05 Å². The highest BCUT2D eigenvalue weighted by Gasteiger charge is 2.26. The zero-order chi connectivity index (χ0) is 14.2. The quantitative estimate of drug-likeness (QED) is 0.624. The highest BCUT2D eigenvalue weighted by Crippen LogP contribution is 2.17. The third kappa shape index (κ3) is 2.02. The number of aromatic nitrogens is 4. The lowest BCUT2D eigenvalue weighted by atomic mass is 10.3. The fourth-order valence-corrected chi connectivity index (χ4v) is 1.89. The Balaban J connectivity index is 2.86. The molecule has 0 saturated heterocycles. The van der Waals surface area contributed by atoms with Crippen LogP contribution in [0.3, 0.4) is 0 Å². The van der Waals surface area contributed by atoms with Crippen molar-refractivity contribution in [1.82, 2.24) is 19.1 Å². The molecule has 0 atom stereocenters. The number of nitrogens with one attached hydrogen (secondary N) is 1. The molecule has 1 N–H and O–H groups in total. The van der Waals surface area contributed by atoms with Crippen LogP contribution in [0.15, 0.2) is 9.59 Å². The second kappa shape index (κ2) is 4.67. The molecule has 0 aliphatic rings. The number of fused-ring (bicyclic) bond motifs is 1. The molecule has 0 fully saturated rings. The van der Waals surface area contributed by atoms with Gasteiger partial charge in [0, 0.05) is 7.05 Å². The lowest BCUT2D eigenvalue weighted by Gasteiger charge is -2.00. The van der Waals surface area contributed by atoms with Gasteiger partial charge in [-0.25, -0.2) is 9.36 Å². The number of hydrogen-bond acceptors (Lipinski definition) is 5. The second-order valence-electron chi connectivity index (χ2n) is 4.16. The van der Waals surface area contributed by atoms with E-state index in [1.54, 1.807) is 0 Å². The molecule has 0 aromatic carbocycles. The number of unbranched alkanes of at least 4 members (excludes halogenated alkanes) is 1. The molecule has 2 aromatic rings. The first kappa shape index (κ1) is 13.0. The fraction of sp³-hybridized carbons (Fsp3) is 0.500. The number of H-pyrrole nitrogens is 1. The number of aromatic amines is 1. The normalized spacial score (nSPS) is 11.1. The van der Waals surface area contributed by atoms with Crippen LogP contribution in [0.5, 0.6) is 0 Å². The molecule has 0 amide bonds. The Bertz CT molecular complexity index is 754. The van der Waals surface area contributed by atoms with Crippen molar-refractivity contribution in [3.05, 3.63) is 31.0 Å². The number of hydrogen-bond donors (Lipinski definition) is 1. The minimum atomic E-state index is -0.658. The monoisotopic (exact) mass is 267 g/mol. The topological polar surface area (TPSA) is 116 Å². The molecule has 9 heteroatoms. The van der Waals surface area contributed by atoms with Gasteiger partial charge in [0.05, 0.1) is 6.54 Å². The van der Waals surface area contributed by atoms with E-state index in [9.17, 15) is 19.7 Å². The molecule has 2 rings (SSSR count). The van der Waals surface area contributed by atoms with Gasteiger partial charge in [-0.05, 0) is 16.3 Å². The van der Waals surface area contributed by atoms with Crippen LogP contribution < -0.4 is 11.2 Å². The Morgan fingerprint density at radius 2 is 2.11 bits per heavy atom. The summed E-state index contributed by atoms with van der Waals surface area (Å²) >= 11 is 0. The average molecular weight is 267 g/mol. The first-order chi connectivity index (χ1) is 8.97. The lowest BCUT2D eigenvalue weighted by molar-refractivity contribution is -0.396.